The van der Waals surface area contributed by atoms with Gasteiger partial charge in [-0.05, 0) is 52.7 Å². The number of halogens is 3. The molecule has 4 nitrogen and oxygen atoms in total. The summed E-state index contributed by atoms with van der Waals surface area (Å²) in [7, 11) is -4.02. The van der Waals surface area contributed by atoms with Crippen LogP contribution in [0.4, 0.5) is 20.2 Å². The van der Waals surface area contributed by atoms with Gasteiger partial charge in [-0.25, -0.2) is 17.2 Å². The lowest BCUT2D eigenvalue weighted by Gasteiger charge is -2.11. The van der Waals surface area contributed by atoms with Gasteiger partial charge in [0.25, 0.3) is 10.0 Å². The van der Waals surface area contributed by atoms with Gasteiger partial charge in [0.15, 0.2) is 0 Å². The van der Waals surface area contributed by atoms with E-state index in [0.717, 1.165) is 6.07 Å². The summed E-state index contributed by atoms with van der Waals surface area (Å²) in [5.74, 6) is -1.84. The van der Waals surface area contributed by atoms with E-state index in [1.165, 1.54) is 12.1 Å². The predicted octanol–water partition coefficient (Wildman–Crippen LogP) is 3.42. The van der Waals surface area contributed by atoms with Crippen molar-refractivity contribution in [3.63, 3.8) is 0 Å². The van der Waals surface area contributed by atoms with Crippen molar-refractivity contribution in [1.82, 2.24) is 0 Å². The minimum absolute atomic E-state index is 0.0506. The van der Waals surface area contributed by atoms with Crippen molar-refractivity contribution in [3.05, 3.63) is 52.0 Å². The summed E-state index contributed by atoms with van der Waals surface area (Å²) < 4.78 is 53.2. The number of hydrogen-bond acceptors (Lipinski definition) is 3. The highest BCUT2D eigenvalue weighted by Gasteiger charge is 2.18. The number of rotatable bonds is 3. The van der Waals surface area contributed by atoms with E-state index in [1.54, 1.807) is 13.0 Å². The van der Waals surface area contributed by atoms with Gasteiger partial charge in [0.2, 0.25) is 0 Å². The lowest BCUT2D eigenvalue weighted by atomic mass is 10.2. The quantitative estimate of drug-likeness (QED) is 0.636. The molecule has 2 rings (SSSR count). The van der Waals surface area contributed by atoms with Crippen LogP contribution in [0.1, 0.15) is 5.56 Å². The van der Waals surface area contributed by atoms with Crippen molar-refractivity contribution < 1.29 is 17.2 Å². The van der Waals surface area contributed by atoms with Gasteiger partial charge in [-0.1, -0.05) is 0 Å². The maximum absolute atomic E-state index is 13.6. The third-order valence-electron chi connectivity index (χ3n) is 2.64. The second-order valence-electron chi connectivity index (χ2n) is 4.43. The molecule has 21 heavy (non-hydrogen) atoms. The lowest BCUT2D eigenvalue weighted by Crippen LogP contribution is -2.14. The maximum atomic E-state index is 13.6. The number of nitrogen functional groups attached to an aromatic ring is 1. The van der Waals surface area contributed by atoms with Crippen LogP contribution in [0.5, 0.6) is 0 Å². The van der Waals surface area contributed by atoms with Crippen molar-refractivity contribution >= 4 is 37.3 Å². The summed E-state index contributed by atoms with van der Waals surface area (Å²) in [6.45, 7) is 1.68. The zero-order valence-electron chi connectivity index (χ0n) is 10.8. The number of sulfonamides is 1. The van der Waals surface area contributed by atoms with Gasteiger partial charge >= 0.3 is 0 Å². The number of nitrogens with two attached hydrogens (primary N) is 1. The first-order valence-corrected chi connectivity index (χ1v) is 8.01. The van der Waals surface area contributed by atoms with E-state index in [0.29, 0.717) is 11.6 Å². The molecular weight excluding hydrogens is 366 g/mol. The summed E-state index contributed by atoms with van der Waals surface area (Å²) in [6.07, 6.45) is 0. The highest BCUT2D eigenvalue weighted by Crippen LogP contribution is 2.26. The van der Waals surface area contributed by atoms with E-state index < -0.39 is 21.7 Å². The van der Waals surface area contributed by atoms with E-state index in [1.807, 2.05) is 0 Å². The molecule has 0 saturated heterocycles. The minimum atomic E-state index is -4.02. The van der Waals surface area contributed by atoms with Gasteiger partial charge < -0.3 is 5.73 Å². The van der Waals surface area contributed by atoms with Crippen LogP contribution in [0.2, 0.25) is 0 Å². The lowest BCUT2D eigenvalue weighted by molar-refractivity contribution is 0.579. The molecule has 0 amide bonds. The van der Waals surface area contributed by atoms with Crippen molar-refractivity contribution in [2.24, 2.45) is 0 Å². The Balaban J connectivity index is 2.44. The topological polar surface area (TPSA) is 72.2 Å². The molecule has 2 aromatic carbocycles. The SMILES string of the molecule is Cc1cc(N)cc(S(=O)(=O)Nc2cc(Br)c(F)cc2F)c1. The van der Waals surface area contributed by atoms with E-state index in [-0.39, 0.29) is 20.7 Å². The molecular formula is C13H11BrF2N2O2S. The molecule has 112 valence electrons. The first kappa shape index (κ1) is 15.7. The maximum Gasteiger partial charge on any atom is 0.262 e. The summed E-state index contributed by atoms with van der Waals surface area (Å²) in [5, 5.41) is 0. The van der Waals surface area contributed by atoms with Crippen molar-refractivity contribution in [3.8, 4) is 0 Å². The van der Waals surface area contributed by atoms with Gasteiger partial charge in [-0.15, -0.1) is 0 Å². The molecule has 0 radical (unpaired) electrons. The normalized spacial score (nSPS) is 11.4. The van der Waals surface area contributed by atoms with Crippen molar-refractivity contribution in [2.45, 2.75) is 11.8 Å². The van der Waals surface area contributed by atoms with Crippen LogP contribution in [0.15, 0.2) is 39.7 Å². The van der Waals surface area contributed by atoms with Gasteiger partial charge in [0, 0.05) is 11.8 Å². The molecule has 2 aromatic rings. The summed E-state index contributed by atoms with van der Waals surface area (Å²) in [6, 6.07) is 5.86. The fraction of sp³-hybridized carbons (Fsp3) is 0.0769. The van der Waals surface area contributed by atoms with Crippen molar-refractivity contribution in [1.29, 1.82) is 0 Å². The Hall–Kier alpha value is -1.67. The van der Waals surface area contributed by atoms with E-state index in [2.05, 4.69) is 20.7 Å². The molecule has 8 heteroatoms. The Kier molecular flexibility index (Phi) is 4.20. The van der Waals surface area contributed by atoms with E-state index in [4.69, 9.17) is 5.73 Å². The Bertz CT molecular complexity index is 790. The van der Waals surface area contributed by atoms with Crippen LogP contribution >= 0.6 is 15.9 Å². The summed E-state index contributed by atoms with van der Waals surface area (Å²) >= 11 is 2.87. The Morgan fingerprint density at radius 1 is 1.10 bits per heavy atom. The molecule has 0 aromatic heterocycles. The fourth-order valence-corrected chi connectivity index (χ4v) is 3.28. The smallest absolute Gasteiger partial charge is 0.262 e. The molecule has 0 heterocycles. The zero-order valence-corrected chi connectivity index (χ0v) is 13.2. The Morgan fingerprint density at radius 2 is 1.76 bits per heavy atom. The standard InChI is InChI=1S/C13H11BrF2N2O2S/c1-7-2-8(17)4-9(3-7)21(19,20)18-13-5-10(14)11(15)6-12(13)16/h2-6,18H,17H2,1H3. The Morgan fingerprint density at radius 3 is 2.38 bits per heavy atom. The average Bonchev–Trinajstić information content (AvgIpc) is 2.34. The predicted molar refractivity (Wildman–Crippen MR) is 80.5 cm³/mol. The molecule has 0 saturated carbocycles. The summed E-state index contributed by atoms with van der Waals surface area (Å²) in [5.41, 5.74) is 6.17. The van der Waals surface area contributed by atoms with Crippen LogP contribution < -0.4 is 10.5 Å². The molecule has 0 unspecified atom stereocenters. The van der Waals surface area contributed by atoms with Crippen LogP contribution in [0.3, 0.4) is 0 Å². The number of aryl methyl sites for hydroxylation is 1. The molecule has 0 spiro atoms. The monoisotopic (exact) mass is 376 g/mol. The van der Waals surface area contributed by atoms with Gasteiger partial charge in [-0.3, -0.25) is 4.72 Å². The van der Waals surface area contributed by atoms with Gasteiger partial charge in [-0.2, -0.15) is 0 Å². The molecule has 0 fully saturated rings. The minimum Gasteiger partial charge on any atom is -0.399 e. The first-order chi connectivity index (χ1) is 9.69. The molecule has 3 N–H and O–H groups in total. The average molecular weight is 377 g/mol. The highest BCUT2D eigenvalue weighted by molar-refractivity contribution is 9.10. The third kappa shape index (κ3) is 3.51. The molecule has 0 aliphatic carbocycles. The molecule has 0 atom stereocenters. The zero-order chi connectivity index (χ0) is 15.8. The largest absolute Gasteiger partial charge is 0.399 e. The number of nitrogens with one attached hydrogen (secondary N) is 1. The number of hydrogen-bond donors (Lipinski definition) is 2. The highest BCUT2D eigenvalue weighted by atomic mass is 79.9. The molecule has 0 aliphatic rings. The van der Waals surface area contributed by atoms with E-state index in [9.17, 15) is 17.2 Å². The number of benzene rings is 2. The van der Waals surface area contributed by atoms with Crippen molar-refractivity contribution in [2.75, 3.05) is 10.5 Å². The van der Waals surface area contributed by atoms with Gasteiger partial charge in [0.1, 0.15) is 11.6 Å². The third-order valence-corrected chi connectivity index (χ3v) is 4.59. The first-order valence-electron chi connectivity index (χ1n) is 5.73. The Labute approximate surface area is 129 Å². The van der Waals surface area contributed by atoms with Crippen LogP contribution in [-0.4, -0.2) is 8.42 Å². The fourth-order valence-electron chi connectivity index (χ4n) is 1.74. The van der Waals surface area contributed by atoms with E-state index >= 15 is 0 Å². The van der Waals surface area contributed by atoms with Crippen LogP contribution in [0.25, 0.3) is 0 Å². The molecule has 0 bridgehead atoms. The van der Waals surface area contributed by atoms with Crippen LogP contribution in [-0.2, 0) is 10.0 Å². The van der Waals surface area contributed by atoms with Crippen LogP contribution in [0, 0.1) is 18.6 Å². The second kappa shape index (κ2) is 5.61. The second-order valence-corrected chi connectivity index (χ2v) is 6.97. The number of anilines is 2. The van der Waals surface area contributed by atoms with Gasteiger partial charge in [0.05, 0.1) is 15.1 Å². The molecule has 0 aliphatic heterocycles. The summed E-state index contributed by atoms with van der Waals surface area (Å²) in [4.78, 5) is -0.0974.